The van der Waals surface area contributed by atoms with Gasteiger partial charge in [0.2, 0.25) is 0 Å². The highest BCUT2D eigenvalue weighted by atomic mass is 16.7. The summed E-state index contributed by atoms with van der Waals surface area (Å²) in [7, 11) is -0.525. The van der Waals surface area contributed by atoms with Crippen LogP contribution in [0.5, 0.6) is 0 Å². The molecule has 0 atom stereocenters. The topological polar surface area (TPSA) is 57.1 Å². The minimum Gasteiger partial charge on any atom is -0.399 e. The minimum absolute atomic E-state index is 0.0725. The first-order valence-corrected chi connectivity index (χ1v) is 12.8. The molecule has 1 aromatic heterocycles. The van der Waals surface area contributed by atoms with Crippen molar-refractivity contribution in [2.24, 2.45) is 0 Å². The number of hydrogen-bond acceptors (Lipinski definition) is 5. The summed E-state index contributed by atoms with van der Waals surface area (Å²) in [6, 6.07) is 26.5. The lowest BCUT2D eigenvalue weighted by Gasteiger charge is -2.32. The fraction of sp³-hybridized carbons (Fsp3) is 0.323. The van der Waals surface area contributed by atoms with Crippen LogP contribution in [0, 0.1) is 0 Å². The lowest BCUT2D eigenvalue weighted by molar-refractivity contribution is 0.00578. The Labute approximate surface area is 220 Å². The first-order valence-electron chi connectivity index (χ1n) is 12.8. The number of hydrogen-bond donors (Lipinski definition) is 0. The normalized spacial score (nSPS) is 16.7. The van der Waals surface area contributed by atoms with Crippen molar-refractivity contribution in [1.82, 2.24) is 15.0 Å². The molecule has 2 heterocycles. The van der Waals surface area contributed by atoms with Crippen LogP contribution in [-0.2, 0) is 14.7 Å². The second-order valence-electron chi connectivity index (χ2n) is 11.6. The molecule has 0 saturated carbocycles. The Hall–Kier alpha value is -3.35. The molecule has 1 saturated heterocycles. The standard InChI is InChI=1S/C31H34BN3O2/c1-29(2,3)24-19-13-11-17-22(24)27-33-26(21-15-9-8-10-16-21)34-28(35-27)23-18-12-14-20-25(23)32-36-30(4,5)31(6,7)37-32/h8-20H,1-7H3. The van der Waals surface area contributed by atoms with Gasteiger partial charge in [-0.2, -0.15) is 0 Å². The van der Waals surface area contributed by atoms with E-state index >= 15 is 0 Å². The molecule has 1 aliphatic rings. The van der Waals surface area contributed by atoms with E-state index in [2.05, 4.69) is 66.7 Å². The zero-order valence-corrected chi connectivity index (χ0v) is 22.7. The van der Waals surface area contributed by atoms with E-state index in [-0.39, 0.29) is 5.41 Å². The van der Waals surface area contributed by atoms with Crippen LogP contribution in [0.25, 0.3) is 34.2 Å². The van der Waals surface area contributed by atoms with Crippen molar-refractivity contribution in [3.05, 3.63) is 84.4 Å². The largest absolute Gasteiger partial charge is 0.495 e. The number of aromatic nitrogens is 3. The van der Waals surface area contributed by atoms with Crippen molar-refractivity contribution in [2.45, 2.75) is 65.1 Å². The Morgan fingerprint density at radius 1 is 0.595 bits per heavy atom. The van der Waals surface area contributed by atoms with Crippen molar-refractivity contribution in [2.75, 3.05) is 0 Å². The highest BCUT2D eigenvalue weighted by molar-refractivity contribution is 6.63. The SMILES string of the molecule is CC(C)(C)c1ccccc1-c1nc(-c2ccccc2)nc(-c2ccccc2B2OC(C)(C)C(C)(C)O2)n1. The lowest BCUT2D eigenvalue weighted by atomic mass is 9.75. The van der Waals surface area contributed by atoms with Crippen molar-refractivity contribution in [1.29, 1.82) is 0 Å². The third-order valence-corrected chi connectivity index (χ3v) is 7.35. The fourth-order valence-electron chi connectivity index (χ4n) is 4.54. The molecule has 37 heavy (non-hydrogen) atoms. The van der Waals surface area contributed by atoms with Gasteiger partial charge in [0.15, 0.2) is 17.5 Å². The monoisotopic (exact) mass is 491 g/mol. The first-order chi connectivity index (χ1) is 17.5. The number of rotatable bonds is 4. The van der Waals surface area contributed by atoms with Crippen LogP contribution in [0.2, 0.25) is 0 Å². The summed E-state index contributed by atoms with van der Waals surface area (Å²) in [6.07, 6.45) is 0. The van der Waals surface area contributed by atoms with E-state index in [4.69, 9.17) is 24.3 Å². The van der Waals surface area contributed by atoms with Gasteiger partial charge in [-0.15, -0.1) is 0 Å². The molecule has 1 fully saturated rings. The molecule has 4 aromatic rings. The van der Waals surface area contributed by atoms with Crippen LogP contribution in [0.4, 0.5) is 0 Å². The Balaban J connectivity index is 1.71. The smallest absolute Gasteiger partial charge is 0.399 e. The van der Waals surface area contributed by atoms with E-state index in [0.29, 0.717) is 17.5 Å². The van der Waals surface area contributed by atoms with Gasteiger partial charge in [-0.25, -0.2) is 15.0 Å². The van der Waals surface area contributed by atoms with Crippen LogP contribution < -0.4 is 5.46 Å². The van der Waals surface area contributed by atoms with E-state index in [9.17, 15) is 0 Å². The van der Waals surface area contributed by atoms with Crippen LogP contribution in [-0.4, -0.2) is 33.3 Å². The average molecular weight is 491 g/mol. The molecular weight excluding hydrogens is 457 g/mol. The quantitative estimate of drug-likeness (QED) is 0.306. The Kier molecular flexibility index (Phi) is 6.29. The molecule has 0 aliphatic carbocycles. The summed E-state index contributed by atoms with van der Waals surface area (Å²) in [4.78, 5) is 15.0. The van der Waals surface area contributed by atoms with Crippen LogP contribution in [0.3, 0.4) is 0 Å². The van der Waals surface area contributed by atoms with Crippen molar-refractivity contribution in [3.8, 4) is 34.2 Å². The van der Waals surface area contributed by atoms with Gasteiger partial charge in [0.05, 0.1) is 11.2 Å². The van der Waals surface area contributed by atoms with Crippen molar-refractivity contribution >= 4 is 12.6 Å². The highest BCUT2D eigenvalue weighted by Gasteiger charge is 2.52. The molecule has 5 nitrogen and oxygen atoms in total. The Morgan fingerprint density at radius 2 is 1.08 bits per heavy atom. The Bertz CT molecular complexity index is 1410. The predicted molar refractivity (Wildman–Crippen MR) is 151 cm³/mol. The molecule has 0 N–H and O–H groups in total. The van der Waals surface area contributed by atoms with E-state index in [1.807, 2.05) is 60.7 Å². The molecule has 6 heteroatoms. The molecule has 0 radical (unpaired) electrons. The van der Waals surface area contributed by atoms with E-state index < -0.39 is 18.3 Å². The summed E-state index contributed by atoms with van der Waals surface area (Å²) < 4.78 is 12.8. The van der Waals surface area contributed by atoms with Crippen LogP contribution in [0.15, 0.2) is 78.9 Å². The maximum atomic E-state index is 6.41. The summed E-state index contributed by atoms with van der Waals surface area (Å²) in [6.45, 7) is 14.9. The van der Waals surface area contributed by atoms with Crippen molar-refractivity contribution in [3.63, 3.8) is 0 Å². The molecule has 0 spiro atoms. The molecule has 0 amide bonds. The zero-order valence-electron chi connectivity index (χ0n) is 22.7. The summed E-state index contributed by atoms with van der Waals surface area (Å²) in [5.41, 5.74) is 3.93. The Morgan fingerprint density at radius 3 is 1.70 bits per heavy atom. The molecule has 0 unspecified atom stereocenters. The molecule has 3 aromatic carbocycles. The van der Waals surface area contributed by atoms with Gasteiger partial charge >= 0.3 is 7.12 Å². The molecule has 0 bridgehead atoms. The summed E-state index contributed by atoms with van der Waals surface area (Å²) in [5, 5.41) is 0. The van der Waals surface area contributed by atoms with E-state index in [1.54, 1.807) is 0 Å². The first kappa shape index (κ1) is 25.3. The zero-order chi connectivity index (χ0) is 26.4. The van der Waals surface area contributed by atoms with E-state index in [1.165, 1.54) is 5.56 Å². The second kappa shape index (κ2) is 9.19. The molecule has 1 aliphatic heterocycles. The molecular formula is C31H34BN3O2. The van der Waals surface area contributed by atoms with Crippen molar-refractivity contribution < 1.29 is 9.31 Å². The van der Waals surface area contributed by atoms with Gasteiger partial charge < -0.3 is 9.31 Å². The number of benzene rings is 3. The van der Waals surface area contributed by atoms with Gasteiger partial charge in [0.1, 0.15) is 0 Å². The fourth-order valence-corrected chi connectivity index (χ4v) is 4.54. The van der Waals surface area contributed by atoms with Gasteiger partial charge in [0, 0.05) is 16.7 Å². The van der Waals surface area contributed by atoms with E-state index in [0.717, 1.165) is 22.2 Å². The number of nitrogens with zero attached hydrogens (tertiary/aromatic N) is 3. The van der Waals surface area contributed by atoms with Gasteiger partial charge in [-0.3, -0.25) is 0 Å². The average Bonchev–Trinajstić information content (AvgIpc) is 3.10. The third kappa shape index (κ3) is 4.84. The second-order valence-corrected chi connectivity index (χ2v) is 11.6. The van der Waals surface area contributed by atoms with Gasteiger partial charge in [-0.05, 0) is 44.1 Å². The summed E-state index contributed by atoms with van der Waals surface area (Å²) >= 11 is 0. The lowest BCUT2D eigenvalue weighted by Crippen LogP contribution is -2.41. The third-order valence-electron chi connectivity index (χ3n) is 7.35. The maximum Gasteiger partial charge on any atom is 0.495 e. The van der Waals surface area contributed by atoms with Gasteiger partial charge in [-0.1, -0.05) is 99.6 Å². The van der Waals surface area contributed by atoms with Crippen LogP contribution >= 0.6 is 0 Å². The maximum absolute atomic E-state index is 6.41. The highest BCUT2D eigenvalue weighted by Crippen LogP contribution is 2.38. The van der Waals surface area contributed by atoms with Gasteiger partial charge in [0.25, 0.3) is 0 Å². The molecule has 5 rings (SSSR count). The minimum atomic E-state index is -0.525. The summed E-state index contributed by atoms with van der Waals surface area (Å²) in [5.74, 6) is 1.88. The predicted octanol–water partition coefficient (Wildman–Crippen LogP) is 6.47. The molecule has 188 valence electrons. The van der Waals surface area contributed by atoms with Crippen LogP contribution in [0.1, 0.15) is 54.0 Å².